The van der Waals surface area contributed by atoms with E-state index in [1.165, 1.54) is 11.4 Å². The summed E-state index contributed by atoms with van der Waals surface area (Å²) in [6, 6.07) is 0.174. The van der Waals surface area contributed by atoms with Crippen LogP contribution in [0, 0.1) is 5.92 Å². The smallest absolute Gasteiger partial charge is 0.387 e. The van der Waals surface area contributed by atoms with Gasteiger partial charge >= 0.3 is 12.6 Å². The van der Waals surface area contributed by atoms with Crippen molar-refractivity contribution in [3.63, 3.8) is 0 Å². The average Bonchev–Trinajstić information content (AvgIpc) is 2.74. The highest BCUT2D eigenvalue weighted by Crippen LogP contribution is 2.26. The lowest BCUT2D eigenvalue weighted by molar-refractivity contribution is -0.139. The van der Waals surface area contributed by atoms with E-state index >= 15 is 0 Å². The van der Waals surface area contributed by atoms with Crippen LogP contribution in [0.3, 0.4) is 0 Å². The molecule has 0 fully saturated rings. The van der Waals surface area contributed by atoms with Crippen molar-refractivity contribution in [2.45, 2.75) is 32.9 Å². The van der Waals surface area contributed by atoms with Gasteiger partial charge in [0.2, 0.25) is 0 Å². The Labute approximate surface area is 118 Å². The van der Waals surface area contributed by atoms with Crippen molar-refractivity contribution in [1.82, 2.24) is 5.32 Å². The van der Waals surface area contributed by atoms with Gasteiger partial charge in [0, 0.05) is 0 Å². The van der Waals surface area contributed by atoms with Crippen molar-refractivity contribution in [1.29, 1.82) is 0 Å². The second kappa shape index (κ2) is 7.18. The SMILES string of the molecule is CC(C)C[C@@H](NC(=O)c1sccc1OC(F)F)C(=O)O. The van der Waals surface area contributed by atoms with Crippen molar-refractivity contribution < 1.29 is 28.2 Å². The normalized spacial score (nSPS) is 12.5. The molecule has 1 amide bonds. The Morgan fingerprint density at radius 1 is 1.45 bits per heavy atom. The monoisotopic (exact) mass is 307 g/mol. The highest BCUT2D eigenvalue weighted by atomic mass is 32.1. The lowest BCUT2D eigenvalue weighted by Crippen LogP contribution is -2.41. The van der Waals surface area contributed by atoms with Crippen LogP contribution in [-0.4, -0.2) is 29.6 Å². The lowest BCUT2D eigenvalue weighted by Gasteiger charge is -2.16. The minimum Gasteiger partial charge on any atom is -0.480 e. The van der Waals surface area contributed by atoms with Crippen LogP contribution in [0.15, 0.2) is 11.4 Å². The number of hydrogen-bond donors (Lipinski definition) is 2. The first-order valence-electron chi connectivity index (χ1n) is 5.87. The molecule has 5 nitrogen and oxygen atoms in total. The number of halogens is 2. The van der Waals surface area contributed by atoms with Crippen LogP contribution in [0.1, 0.15) is 29.9 Å². The third-order valence-electron chi connectivity index (χ3n) is 2.36. The number of carbonyl (C=O) groups is 2. The number of rotatable bonds is 7. The van der Waals surface area contributed by atoms with Crippen molar-refractivity contribution in [2.24, 2.45) is 5.92 Å². The van der Waals surface area contributed by atoms with Crippen LogP contribution in [0.4, 0.5) is 8.78 Å². The molecular formula is C12H15F2NO4S. The molecule has 0 saturated heterocycles. The van der Waals surface area contributed by atoms with E-state index in [-0.39, 0.29) is 23.0 Å². The number of hydrogen-bond acceptors (Lipinski definition) is 4. The second-order valence-electron chi connectivity index (χ2n) is 4.49. The zero-order valence-corrected chi connectivity index (χ0v) is 11.7. The molecule has 20 heavy (non-hydrogen) atoms. The average molecular weight is 307 g/mol. The Morgan fingerprint density at radius 3 is 2.60 bits per heavy atom. The summed E-state index contributed by atoms with van der Waals surface area (Å²) >= 11 is 0.909. The summed E-state index contributed by atoms with van der Waals surface area (Å²) in [7, 11) is 0. The molecule has 8 heteroatoms. The Hall–Kier alpha value is -1.70. The molecule has 1 aromatic rings. The first-order chi connectivity index (χ1) is 9.31. The van der Waals surface area contributed by atoms with Crippen LogP contribution in [0.5, 0.6) is 5.75 Å². The number of carboxylic acids is 1. The van der Waals surface area contributed by atoms with E-state index in [1.54, 1.807) is 0 Å². The zero-order chi connectivity index (χ0) is 15.3. The number of ether oxygens (including phenoxy) is 1. The van der Waals surface area contributed by atoms with E-state index in [0.29, 0.717) is 0 Å². The van der Waals surface area contributed by atoms with Crippen LogP contribution in [0.25, 0.3) is 0 Å². The highest BCUT2D eigenvalue weighted by molar-refractivity contribution is 7.12. The van der Waals surface area contributed by atoms with E-state index < -0.39 is 24.5 Å². The molecule has 0 aliphatic rings. The second-order valence-corrected chi connectivity index (χ2v) is 5.40. The number of nitrogens with one attached hydrogen (secondary N) is 1. The predicted octanol–water partition coefficient (Wildman–Crippen LogP) is 2.58. The van der Waals surface area contributed by atoms with Crippen molar-refractivity contribution in [3.8, 4) is 5.75 Å². The molecule has 0 saturated carbocycles. The number of carboxylic acid groups (broad SMARTS) is 1. The highest BCUT2D eigenvalue weighted by Gasteiger charge is 2.24. The third kappa shape index (κ3) is 4.76. The molecule has 0 radical (unpaired) electrons. The fourth-order valence-corrected chi connectivity index (χ4v) is 2.29. The van der Waals surface area contributed by atoms with Crippen LogP contribution >= 0.6 is 11.3 Å². The minimum absolute atomic E-state index is 0.0662. The molecule has 0 aromatic carbocycles. The fraction of sp³-hybridized carbons (Fsp3) is 0.500. The molecule has 0 spiro atoms. The predicted molar refractivity (Wildman–Crippen MR) is 69.3 cm³/mol. The molecular weight excluding hydrogens is 292 g/mol. The summed E-state index contributed by atoms with van der Waals surface area (Å²) in [5.41, 5.74) is 0. The van der Waals surface area contributed by atoms with Gasteiger partial charge in [0.25, 0.3) is 5.91 Å². The molecule has 0 bridgehead atoms. The van der Waals surface area contributed by atoms with Gasteiger partial charge in [0.1, 0.15) is 16.7 Å². The van der Waals surface area contributed by atoms with Gasteiger partial charge in [0.15, 0.2) is 0 Å². The van der Waals surface area contributed by atoms with Crippen molar-refractivity contribution in [2.75, 3.05) is 0 Å². The molecule has 1 aromatic heterocycles. The van der Waals surface area contributed by atoms with Gasteiger partial charge in [-0.15, -0.1) is 11.3 Å². The third-order valence-corrected chi connectivity index (χ3v) is 3.26. The quantitative estimate of drug-likeness (QED) is 0.812. The standard InChI is InChI=1S/C12H15F2NO4S/c1-6(2)5-7(11(17)18)15-10(16)9-8(3-4-20-9)19-12(13)14/h3-4,6-7,12H,5H2,1-2H3,(H,15,16)(H,17,18)/t7-/m1/s1. The number of amides is 1. The van der Waals surface area contributed by atoms with Gasteiger partial charge in [-0.05, 0) is 23.8 Å². The number of thiophene rings is 1. The number of alkyl halides is 2. The van der Waals surface area contributed by atoms with Gasteiger partial charge in [-0.2, -0.15) is 8.78 Å². The molecule has 1 rings (SSSR count). The van der Waals surface area contributed by atoms with E-state index in [2.05, 4.69) is 10.1 Å². The molecule has 112 valence electrons. The van der Waals surface area contributed by atoms with Crippen LogP contribution in [0.2, 0.25) is 0 Å². The largest absolute Gasteiger partial charge is 0.480 e. The molecule has 1 atom stereocenters. The summed E-state index contributed by atoms with van der Waals surface area (Å²) in [5.74, 6) is -2.09. The van der Waals surface area contributed by atoms with Crippen molar-refractivity contribution in [3.05, 3.63) is 16.3 Å². The summed E-state index contributed by atoms with van der Waals surface area (Å²) < 4.78 is 28.5. The summed E-state index contributed by atoms with van der Waals surface area (Å²) in [5, 5.41) is 12.8. The van der Waals surface area contributed by atoms with Crippen LogP contribution in [-0.2, 0) is 4.79 Å². The molecule has 0 aliphatic carbocycles. The Kier molecular flexibility index (Phi) is 5.87. The van der Waals surface area contributed by atoms with Gasteiger partial charge < -0.3 is 15.2 Å². The van der Waals surface area contributed by atoms with Crippen molar-refractivity contribution >= 4 is 23.2 Å². The number of carbonyl (C=O) groups excluding carboxylic acids is 1. The van der Waals surface area contributed by atoms with Gasteiger partial charge in [-0.1, -0.05) is 13.8 Å². The Balaban J connectivity index is 2.79. The number of aliphatic carboxylic acids is 1. The molecule has 0 aliphatic heterocycles. The van der Waals surface area contributed by atoms with Gasteiger partial charge in [-0.3, -0.25) is 4.79 Å². The van der Waals surface area contributed by atoms with Crippen LogP contribution < -0.4 is 10.1 Å². The maximum Gasteiger partial charge on any atom is 0.387 e. The zero-order valence-electron chi connectivity index (χ0n) is 10.9. The summed E-state index contributed by atoms with van der Waals surface area (Å²) in [6.07, 6.45) is 0.248. The van der Waals surface area contributed by atoms with E-state index in [4.69, 9.17) is 5.11 Å². The van der Waals surface area contributed by atoms with Gasteiger partial charge in [0.05, 0.1) is 0 Å². The Morgan fingerprint density at radius 2 is 2.10 bits per heavy atom. The Bertz CT molecular complexity index is 476. The summed E-state index contributed by atoms with van der Waals surface area (Å²) in [6.45, 7) is 0.596. The molecule has 1 heterocycles. The van der Waals surface area contributed by atoms with E-state index in [0.717, 1.165) is 11.3 Å². The summed E-state index contributed by atoms with van der Waals surface area (Å²) in [4.78, 5) is 22.9. The maximum absolute atomic E-state index is 12.2. The van der Waals surface area contributed by atoms with E-state index in [1.807, 2.05) is 13.8 Å². The first kappa shape index (κ1) is 16.4. The first-order valence-corrected chi connectivity index (χ1v) is 6.75. The topological polar surface area (TPSA) is 75.6 Å². The maximum atomic E-state index is 12.2. The lowest BCUT2D eigenvalue weighted by atomic mass is 10.0. The minimum atomic E-state index is -3.04. The van der Waals surface area contributed by atoms with Gasteiger partial charge in [-0.25, -0.2) is 4.79 Å². The fourth-order valence-electron chi connectivity index (χ4n) is 1.57. The molecule has 0 unspecified atom stereocenters. The molecule has 2 N–H and O–H groups in total. The van der Waals surface area contributed by atoms with E-state index in [9.17, 15) is 18.4 Å².